The average molecular weight is 284 g/mol. The zero-order valence-electron chi connectivity index (χ0n) is 11.4. The molecule has 1 aliphatic carbocycles. The molecule has 2 aliphatic rings. The standard InChI is InChI=1S/C15H19F3N2/c16-15(17,18)14-5-4-11-2-1-3-12(11)13(14)10-20-8-6-19-7-9-20/h4-5,19H,1-3,6-10H2. The van der Waals surface area contributed by atoms with E-state index in [1.165, 1.54) is 6.07 Å². The predicted molar refractivity (Wildman–Crippen MR) is 71.6 cm³/mol. The lowest BCUT2D eigenvalue weighted by Gasteiger charge is -2.29. The van der Waals surface area contributed by atoms with Gasteiger partial charge < -0.3 is 5.32 Å². The number of halogens is 3. The Bertz CT molecular complexity index is 491. The molecule has 1 fully saturated rings. The highest BCUT2D eigenvalue weighted by atomic mass is 19.4. The van der Waals surface area contributed by atoms with Crippen molar-refractivity contribution in [3.63, 3.8) is 0 Å². The fourth-order valence-corrected chi connectivity index (χ4v) is 3.28. The Kier molecular flexibility index (Phi) is 3.73. The molecule has 1 aliphatic heterocycles. The summed E-state index contributed by atoms with van der Waals surface area (Å²) in [5.41, 5.74) is 2.16. The predicted octanol–water partition coefficient (Wildman–Crippen LogP) is 2.60. The summed E-state index contributed by atoms with van der Waals surface area (Å²) >= 11 is 0. The molecule has 1 aromatic carbocycles. The number of hydrogen-bond acceptors (Lipinski definition) is 2. The van der Waals surface area contributed by atoms with Crippen LogP contribution in [0, 0.1) is 0 Å². The molecule has 0 amide bonds. The van der Waals surface area contributed by atoms with Crippen molar-refractivity contribution in [2.75, 3.05) is 26.2 Å². The zero-order valence-corrected chi connectivity index (χ0v) is 11.4. The SMILES string of the molecule is FC(F)(F)c1ccc2c(c1CN1CCNCC1)CCC2. The van der Waals surface area contributed by atoms with E-state index < -0.39 is 11.7 Å². The van der Waals surface area contributed by atoms with Gasteiger partial charge in [0.25, 0.3) is 0 Å². The van der Waals surface area contributed by atoms with Crippen molar-refractivity contribution in [3.8, 4) is 0 Å². The van der Waals surface area contributed by atoms with Gasteiger partial charge in [-0.3, -0.25) is 4.90 Å². The van der Waals surface area contributed by atoms with Crippen LogP contribution in [0.4, 0.5) is 13.2 Å². The van der Waals surface area contributed by atoms with E-state index in [1.807, 2.05) is 0 Å². The van der Waals surface area contributed by atoms with Crippen molar-refractivity contribution in [2.24, 2.45) is 0 Å². The van der Waals surface area contributed by atoms with Gasteiger partial charge in [0, 0.05) is 32.7 Å². The van der Waals surface area contributed by atoms with Crippen LogP contribution >= 0.6 is 0 Å². The molecular formula is C15H19F3N2. The molecule has 20 heavy (non-hydrogen) atoms. The van der Waals surface area contributed by atoms with E-state index in [4.69, 9.17) is 0 Å². The van der Waals surface area contributed by atoms with Gasteiger partial charge in [0.05, 0.1) is 5.56 Å². The van der Waals surface area contributed by atoms with Crippen LogP contribution in [0.5, 0.6) is 0 Å². The highest BCUT2D eigenvalue weighted by molar-refractivity contribution is 5.45. The minimum atomic E-state index is -4.25. The highest BCUT2D eigenvalue weighted by Crippen LogP contribution is 2.37. The monoisotopic (exact) mass is 284 g/mol. The molecular weight excluding hydrogens is 265 g/mol. The summed E-state index contributed by atoms with van der Waals surface area (Å²) in [6.07, 6.45) is -1.56. The second-order valence-electron chi connectivity index (χ2n) is 5.61. The molecule has 110 valence electrons. The van der Waals surface area contributed by atoms with Crippen molar-refractivity contribution in [1.82, 2.24) is 10.2 Å². The number of fused-ring (bicyclic) bond motifs is 1. The van der Waals surface area contributed by atoms with E-state index in [0.717, 1.165) is 56.6 Å². The first-order valence-corrected chi connectivity index (χ1v) is 7.19. The van der Waals surface area contributed by atoms with E-state index in [2.05, 4.69) is 10.2 Å². The minimum absolute atomic E-state index is 0.430. The van der Waals surface area contributed by atoms with Crippen molar-refractivity contribution >= 4 is 0 Å². The van der Waals surface area contributed by atoms with Crippen LogP contribution in [0.3, 0.4) is 0 Å². The summed E-state index contributed by atoms with van der Waals surface area (Å²) in [5.74, 6) is 0. The number of aryl methyl sites for hydroxylation is 1. The number of benzene rings is 1. The van der Waals surface area contributed by atoms with Crippen molar-refractivity contribution in [2.45, 2.75) is 32.0 Å². The van der Waals surface area contributed by atoms with Crippen LogP contribution in [0.1, 0.15) is 28.7 Å². The van der Waals surface area contributed by atoms with Crippen LogP contribution < -0.4 is 5.32 Å². The summed E-state index contributed by atoms with van der Waals surface area (Å²) in [4.78, 5) is 2.12. The average Bonchev–Trinajstić information content (AvgIpc) is 2.87. The molecule has 1 saturated heterocycles. The molecule has 0 unspecified atom stereocenters. The summed E-state index contributed by atoms with van der Waals surface area (Å²) in [6, 6.07) is 2.95. The molecule has 1 N–H and O–H groups in total. The molecule has 0 radical (unpaired) electrons. The Morgan fingerprint density at radius 1 is 1.10 bits per heavy atom. The van der Waals surface area contributed by atoms with Gasteiger partial charge in [-0.15, -0.1) is 0 Å². The van der Waals surface area contributed by atoms with Gasteiger partial charge in [0.15, 0.2) is 0 Å². The second kappa shape index (κ2) is 5.37. The number of alkyl halides is 3. The van der Waals surface area contributed by atoms with Crippen LogP contribution in [0.15, 0.2) is 12.1 Å². The number of nitrogens with one attached hydrogen (secondary N) is 1. The molecule has 0 aromatic heterocycles. The molecule has 0 saturated carbocycles. The fraction of sp³-hybridized carbons (Fsp3) is 0.600. The molecule has 2 nitrogen and oxygen atoms in total. The highest BCUT2D eigenvalue weighted by Gasteiger charge is 2.35. The number of piperazine rings is 1. The molecule has 3 rings (SSSR count). The first kappa shape index (κ1) is 13.9. The fourth-order valence-electron chi connectivity index (χ4n) is 3.28. The maximum Gasteiger partial charge on any atom is 0.416 e. The lowest BCUT2D eigenvalue weighted by Crippen LogP contribution is -2.43. The van der Waals surface area contributed by atoms with Crippen molar-refractivity contribution in [3.05, 3.63) is 34.4 Å². The first-order chi connectivity index (χ1) is 9.55. The van der Waals surface area contributed by atoms with E-state index in [-0.39, 0.29) is 0 Å². The molecule has 0 bridgehead atoms. The summed E-state index contributed by atoms with van der Waals surface area (Å²) in [7, 11) is 0. The molecule has 0 spiro atoms. The molecule has 5 heteroatoms. The Balaban J connectivity index is 1.95. The smallest absolute Gasteiger partial charge is 0.314 e. The Hall–Kier alpha value is -1.07. The largest absolute Gasteiger partial charge is 0.416 e. The third kappa shape index (κ3) is 2.69. The van der Waals surface area contributed by atoms with Crippen molar-refractivity contribution < 1.29 is 13.2 Å². The maximum atomic E-state index is 13.2. The Labute approximate surface area is 117 Å². The first-order valence-electron chi connectivity index (χ1n) is 7.19. The third-order valence-electron chi connectivity index (χ3n) is 4.30. The van der Waals surface area contributed by atoms with E-state index >= 15 is 0 Å². The molecule has 0 atom stereocenters. The topological polar surface area (TPSA) is 15.3 Å². The summed E-state index contributed by atoms with van der Waals surface area (Å²) in [5, 5.41) is 3.23. The van der Waals surface area contributed by atoms with Crippen LogP contribution in [0.25, 0.3) is 0 Å². The van der Waals surface area contributed by atoms with Gasteiger partial charge in [-0.25, -0.2) is 0 Å². The van der Waals surface area contributed by atoms with E-state index in [1.54, 1.807) is 6.07 Å². The van der Waals surface area contributed by atoms with E-state index in [9.17, 15) is 13.2 Å². The minimum Gasteiger partial charge on any atom is -0.314 e. The quantitative estimate of drug-likeness (QED) is 0.898. The number of rotatable bonds is 2. The van der Waals surface area contributed by atoms with Crippen LogP contribution in [0.2, 0.25) is 0 Å². The Morgan fingerprint density at radius 3 is 2.55 bits per heavy atom. The van der Waals surface area contributed by atoms with Crippen LogP contribution in [-0.4, -0.2) is 31.1 Å². The summed E-state index contributed by atoms with van der Waals surface area (Å²) in [6.45, 7) is 3.79. The van der Waals surface area contributed by atoms with E-state index in [0.29, 0.717) is 12.1 Å². The van der Waals surface area contributed by atoms with Gasteiger partial charge >= 0.3 is 6.18 Å². The second-order valence-corrected chi connectivity index (χ2v) is 5.61. The lowest BCUT2D eigenvalue weighted by atomic mass is 9.96. The van der Waals surface area contributed by atoms with Crippen molar-refractivity contribution in [1.29, 1.82) is 0 Å². The number of nitrogens with zero attached hydrogens (tertiary/aromatic N) is 1. The molecule has 1 heterocycles. The zero-order chi connectivity index (χ0) is 14.2. The van der Waals surface area contributed by atoms with Gasteiger partial charge in [0.1, 0.15) is 0 Å². The maximum absolute atomic E-state index is 13.2. The van der Waals surface area contributed by atoms with Gasteiger partial charge in [-0.1, -0.05) is 6.07 Å². The van der Waals surface area contributed by atoms with Gasteiger partial charge in [0.2, 0.25) is 0 Å². The Morgan fingerprint density at radius 2 is 1.85 bits per heavy atom. The molecule has 1 aromatic rings. The third-order valence-corrected chi connectivity index (χ3v) is 4.30. The normalized spacial score (nSPS) is 20.1. The summed E-state index contributed by atoms with van der Waals surface area (Å²) < 4.78 is 39.7. The lowest BCUT2D eigenvalue weighted by molar-refractivity contribution is -0.138. The van der Waals surface area contributed by atoms with Crippen LogP contribution in [-0.2, 0) is 25.6 Å². The van der Waals surface area contributed by atoms with Gasteiger partial charge in [-0.2, -0.15) is 13.2 Å². The van der Waals surface area contributed by atoms with Gasteiger partial charge in [-0.05, 0) is 42.0 Å². The number of hydrogen-bond donors (Lipinski definition) is 1.